The minimum absolute atomic E-state index is 0.868. The summed E-state index contributed by atoms with van der Waals surface area (Å²) in [5, 5.41) is 11.8. The second kappa shape index (κ2) is 8.03. The number of aromatic nitrogens is 2. The van der Waals surface area contributed by atoms with E-state index in [1.54, 1.807) is 6.08 Å². The Bertz CT molecular complexity index is 816. The lowest BCUT2D eigenvalue weighted by Gasteiger charge is -2.25. The van der Waals surface area contributed by atoms with Crippen LogP contribution in [0, 0.1) is 0 Å². The summed E-state index contributed by atoms with van der Waals surface area (Å²) in [5.74, 6) is 1.10. The molecule has 2 heterocycles. The molecule has 2 N–H and O–H groups in total. The number of aliphatic hydroxyl groups is 1. The summed E-state index contributed by atoms with van der Waals surface area (Å²) in [6.07, 6.45) is 11.0. The zero-order chi connectivity index (χ0) is 17.6. The Morgan fingerprint density at radius 2 is 2.20 bits per heavy atom. The van der Waals surface area contributed by atoms with Crippen LogP contribution in [0.4, 0.5) is 5.69 Å². The van der Waals surface area contributed by atoms with Gasteiger partial charge in [-0.1, -0.05) is 23.8 Å². The minimum Gasteiger partial charge on any atom is -0.516 e. The SMILES string of the molecule is CNc1ccc2c(c1)nc(CN1CC=C(C/C=C\C=C\O)CC1)n2C. The number of imidazole rings is 1. The average molecular weight is 338 g/mol. The van der Waals surface area contributed by atoms with Crippen molar-refractivity contribution in [3.05, 3.63) is 60.2 Å². The fourth-order valence-electron chi connectivity index (χ4n) is 3.18. The van der Waals surface area contributed by atoms with Crippen molar-refractivity contribution in [2.75, 3.05) is 25.5 Å². The summed E-state index contributed by atoms with van der Waals surface area (Å²) in [6.45, 7) is 2.89. The van der Waals surface area contributed by atoms with E-state index in [1.807, 2.05) is 13.1 Å². The molecule has 5 heteroatoms. The van der Waals surface area contributed by atoms with E-state index in [2.05, 4.69) is 52.2 Å². The maximum atomic E-state index is 8.62. The molecule has 0 saturated heterocycles. The highest BCUT2D eigenvalue weighted by Crippen LogP contribution is 2.21. The summed E-state index contributed by atoms with van der Waals surface area (Å²) in [7, 11) is 4.02. The number of nitrogens with one attached hydrogen (secondary N) is 1. The number of fused-ring (bicyclic) bond motifs is 1. The third kappa shape index (κ3) is 4.12. The van der Waals surface area contributed by atoms with Crippen LogP contribution in [0.25, 0.3) is 11.0 Å². The standard InChI is InChI=1S/C20H26N4O/c1-21-17-7-8-19-18(14-17)22-20(23(19)2)15-24-11-9-16(10-12-24)6-4-3-5-13-25/h3-5,7-9,13-14,21,25H,6,10-12,15H2,1-2H3/b4-3-,13-5+. The fraction of sp³-hybridized carbons (Fsp3) is 0.350. The molecular formula is C20H26N4O. The number of allylic oxidation sites excluding steroid dienone is 3. The average Bonchev–Trinajstić information content (AvgIpc) is 2.95. The van der Waals surface area contributed by atoms with Crippen molar-refractivity contribution in [2.45, 2.75) is 19.4 Å². The summed E-state index contributed by atoms with van der Waals surface area (Å²) in [6, 6.07) is 6.31. The van der Waals surface area contributed by atoms with E-state index in [0.717, 1.165) is 55.8 Å². The summed E-state index contributed by atoms with van der Waals surface area (Å²) < 4.78 is 2.19. The summed E-state index contributed by atoms with van der Waals surface area (Å²) in [5.41, 5.74) is 4.76. The number of aryl methyl sites for hydroxylation is 1. The van der Waals surface area contributed by atoms with Gasteiger partial charge in [0.2, 0.25) is 0 Å². The molecule has 1 aliphatic rings. The van der Waals surface area contributed by atoms with Crippen molar-refractivity contribution in [3.63, 3.8) is 0 Å². The van der Waals surface area contributed by atoms with E-state index in [9.17, 15) is 0 Å². The monoisotopic (exact) mass is 338 g/mol. The van der Waals surface area contributed by atoms with Crippen LogP contribution in [0.5, 0.6) is 0 Å². The van der Waals surface area contributed by atoms with E-state index < -0.39 is 0 Å². The molecule has 132 valence electrons. The van der Waals surface area contributed by atoms with E-state index >= 15 is 0 Å². The Balaban J connectivity index is 1.64. The number of nitrogens with zero attached hydrogens (tertiary/aromatic N) is 3. The van der Waals surface area contributed by atoms with Gasteiger partial charge in [-0.25, -0.2) is 4.98 Å². The molecule has 0 radical (unpaired) electrons. The van der Waals surface area contributed by atoms with E-state index in [4.69, 9.17) is 10.1 Å². The first-order chi connectivity index (χ1) is 12.2. The van der Waals surface area contributed by atoms with Gasteiger partial charge in [0.1, 0.15) is 5.82 Å². The third-order valence-electron chi connectivity index (χ3n) is 4.73. The molecule has 0 atom stereocenters. The van der Waals surface area contributed by atoms with Gasteiger partial charge in [0, 0.05) is 32.9 Å². The van der Waals surface area contributed by atoms with Crippen LogP contribution < -0.4 is 5.32 Å². The molecule has 0 amide bonds. The molecule has 1 aliphatic heterocycles. The van der Waals surface area contributed by atoms with Gasteiger partial charge in [-0.05, 0) is 37.1 Å². The molecule has 0 spiro atoms. The van der Waals surface area contributed by atoms with Gasteiger partial charge >= 0.3 is 0 Å². The predicted octanol–water partition coefficient (Wildman–Crippen LogP) is 3.77. The van der Waals surface area contributed by atoms with Gasteiger partial charge in [-0.2, -0.15) is 0 Å². The van der Waals surface area contributed by atoms with Crippen molar-refractivity contribution in [1.82, 2.24) is 14.5 Å². The number of hydrogen-bond acceptors (Lipinski definition) is 4. The Labute approximate surface area is 149 Å². The fourth-order valence-corrected chi connectivity index (χ4v) is 3.18. The minimum atomic E-state index is 0.868. The highest BCUT2D eigenvalue weighted by atomic mass is 16.2. The lowest BCUT2D eigenvalue weighted by molar-refractivity contribution is 0.275. The second-order valence-corrected chi connectivity index (χ2v) is 6.36. The first-order valence-corrected chi connectivity index (χ1v) is 8.70. The largest absolute Gasteiger partial charge is 0.516 e. The van der Waals surface area contributed by atoms with Gasteiger partial charge in [-0.3, -0.25) is 4.90 Å². The lowest BCUT2D eigenvalue weighted by Crippen LogP contribution is -2.29. The van der Waals surface area contributed by atoms with Crippen LogP contribution in [0.15, 0.2) is 54.3 Å². The number of anilines is 1. The predicted molar refractivity (Wildman–Crippen MR) is 104 cm³/mol. The molecule has 2 aromatic rings. The summed E-state index contributed by atoms with van der Waals surface area (Å²) >= 11 is 0. The smallest absolute Gasteiger partial charge is 0.123 e. The Hall–Kier alpha value is -2.53. The molecular weight excluding hydrogens is 312 g/mol. The molecule has 5 nitrogen and oxygen atoms in total. The van der Waals surface area contributed by atoms with Crippen molar-refractivity contribution < 1.29 is 5.11 Å². The first kappa shape index (κ1) is 17.3. The topological polar surface area (TPSA) is 53.3 Å². The van der Waals surface area contributed by atoms with Crippen LogP contribution in [0.2, 0.25) is 0 Å². The molecule has 0 saturated carbocycles. The zero-order valence-corrected chi connectivity index (χ0v) is 14.9. The zero-order valence-electron chi connectivity index (χ0n) is 14.9. The Morgan fingerprint density at radius 3 is 2.92 bits per heavy atom. The van der Waals surface area contributed by atoms with Crippen molar-refractivity contribution in [2.24, 2.45) is 7.05 Å². The Kier molecular flexibility index (Phi) is 5.56. The maximum Gasteiger partial charge on any atom is 0.123 e. The first-order valence-electron chi connectivity index (χ1n) is 8.70. The van der Waals surface area contributed by atoms with Gasteiger partial charge < -0.3 is 15.0 Å². The van der Waals surface area contributed by atoms with Gasteiger partial charge in [-0.15, -0.1) is 0 Å². The number of hydrogen-bond donors (Lipinski definition) is 2. The lowest BCUT2D eigenvalue weighted by atomic mass is 10.0. The van der Waals surface area contributed by atoms with Gasteiger partial charge in [0.15, 0.2) is 0 Å². The highest BCUT2D eigenvalue weighted by molar-refractivity contribution is 5.80. The van der Waals surface area contributed by atoms with Crippen molar-refractivity contribution in [3.8, 4) is 0 Å². The van der Waals surface area contributed by atoms with Gasteiger partial charge in [0.25, 0.3) is 0 Å². The molecule has 0 aliphatic carbocycles. The van der Waals surface area contributed by atoms with Crippen molar-refractivity contribution in [1.29, 1.82) is 0 Å². The number of rotatable bonds is 6. The third-order valence-corrected chi connectivity index (χ3v) is 4.73. The summed E-state index contributed by atoms with van der Waals surface area (Å²) in [4.78, 5) is 7.25. The van der Waals surface area contributed by atoms with Crippen LogP contribution in [0.1, 0.15) is 18.7 Å². The maximum absolute atomic E-state index is 8.62. The van der Waals surface area contributed by atoms with E-state index in [0.29, 0.717) is 0 Å². The molecule has 1 aromatic carbocycles. The van der Waals surface area contributed by atoms with E-state index in [1.165, 1.54) is 11.1 Å². The quantitative estimate of drug-likeness (QED) is 0.478. The van der Waals surface area contributed by atoms with Crippen molar-refractivity contribution >= 4 is 16.7 Å². The van der Waals surface area contributed by atoms with Crippen LogP contribution in [-0.4, -0.2) is 39.7 Å². The normalized spacial score (nSPS) is 16.2. The van der Waals surface area contributed by atoms with Crippen LogP contribution >= 0.6 is 0 Å². The molecule has 1 aromatic heterocycles. The Morgan fingerprint density at radius 1 is 1.32 bits per heavy atom. The van der Waals surface area contributed by atoms with Crippen LogP contribution in [-0.2, 0) is 13.6 Å². The van der Waals surface area contributed by atoms with Gasteiger partial charge in [0.05, 0.1) is 23.8 Å². The number of aliphatic hydroxyl groups excluding tert-OH is 1. The van der Waals surface area contributed by atoms with E-state index in [-0.39, 0.29) is 0 Å². The molecule has 0 bridgehead atoms. The molecule has 25 heavy (non-hydrogen) atoms. The molecule has 3 rings (SSSR count). The second-order valence-electron chi connectivity index (χ2n) is 6.36. The highest BCUT2D eigenvalue weighted by Gasteiger charge is 2.15. The van der Waals surface area contributed by atoms with Crippen LogP contribution in [0.3, 0.4) is 0 Å². The molecule has 0 unspecified atom stereocenters. The molecule has 0 fully saturated rings. The number of benzene rings is 1.